The second-order valence-corrected chi connectivity index (χ2v) is 4.95. The average molecular weight is 250 g/mol. The van der Waals surface area contributed by atoms with Crippen LogP contribution in [0, 0.1) is 6.92 Å². The van der Waals surface area contributed by atoms with Crippen molar-refractivity contribution in [3.05, 3.63) is 29.3 Å². The lowest BCUT2D eigenvalue weighted by molar-refractivity contribution is -0.00815. The Morgan fingerprint density at radius 2 is 2.11 bits per heavy atom. The minimum Gasteiger partial charge on any atom is -0.398 e. The molecule has 4 nitrogen and oxygen atoms in total. The lowest BCUT2D eigenvalue weighted by Gasteiger charge is -2.24. The van der Waals surface area contributed by atoms with Crippen LogP contribution >= 0.6 is 0 Å². The van der Waals surface area contributed by atoms with Crippen molar-refractivity contribution in [3.8, 4) is 0 Å². The fraction of sp³-hybridized carbons (Fsp3) is 0.500. The van der Waals surface area contributed by atoms with Gasteiger partial charge in [0.2, 0.25) is 0 Å². The van der Waals surface area contributed by atoms with Gasteiger partial charge in [-0.05, 0) is 45.4 Å². The first kappa shape index (κ1) is 14.5. The van der Waals surface area contributed by atoms with Gasteiger partial charge in [-0.3, -0.25) is 4.79 Å². The minimum atomic E-state index is -0.360. The first-order chi connectivity index (χ1) is 8.35. The highest BCUT2D eigenvalue weighted by atomic mass is 16.5. The van der Waals surface area contributed by atoms with Gasteiger partial charge >= 0.3 is 0 Å². The van der Waals surface area contributed by atoms with Crippen molar-refractivity contribution in [1.29, 1.82) is 0 Å². The third-order valence-electron chi connectivity index (χ3n) is 2.75. The molecule has 0 saturated heterocycles. The number of hydrogen-bond donors (Lipinski definition) is 2. The zero-order chi connectivity index (χ0) is 13.8. The fourth-order valence-corrected chi connectivity index (χ4v) is 1.62. The number of rotatable bonds is 5. The van der Waals surface area contributed by atoms with Gasteiger partial charge in [-0.2, -0.15) is 0 Å². The number of amides is 1. The van der Waals surface area contributed by atoms with E-state index >= 15 is 0 Å². The number of benzene rings is 1. The normalized spacial score (nSPS) is 11.3. The summed E-state index contributed by atoms with van der Waals surface area (Å²) in [6.07, 6.45) is 0. The van der Waals surface area contributed by atoms with Crippen molar-refractivity contribution in [2.24, 2.45) is 0 Å². The molecule has 4 heteroatoms. The molecular weight excluding hydrogens is 228 g/mol. The van der Waals surface area contributed by atoms with Gasteiger partial charge in [0, 0.05) is 24.4 Å². The molecule has 0 aliphatic rings. The summed E-state index contributed by atoms with van der Waals surface area (Å²) in [6.45, 7) is 8.83. The molecule has 0 fully saturated rings. The van der Waals surface area contributed by atoms with Gasteiger partial charge in [0.15, 0.2) is 0 Å². The molecule has 0 aliphatic heterocycles. The van der Waals surface area contributed by atoms with E-state index in [0.29, 0.717) is 24.4 Å². The number of aryl methyl sites for hydroxylation is 1. The SMILES string of the molecule is CCOC(C)(C)CNC(=O)c1ccc(C)c(N)c1. The number of anilines is 1. The third-order valence-corrected chi connectivity index (χ3v) is 2.75. The summed E-state index contributed by atoms with van der Waals surface area (Å²) in [6, 6.07) is 5.31. The second kappa shape index (κ2) is 5.87. The fourth-order valence-electron chi connectivity index (χ4n) is 1.62. The number of hydrogen-bond acceptors (Lipinski definition) is 3. The Morgan fingerprint density at radius 3 is 2.67 bits per heavy atom. The van der Waals surface area contributed by atoms with Crippen LogP contribution in [-0.4, -0.2) is 24.7 Å². The number of carbonyl (C=O) groups excluding carboxylic acids is 1. The van der Waals surface area contributed by atoms with E-state index in [1.807, 2.05) is 33.8 Å². The minimum absolute atomic E-state index is 0.130. The van der Waals surface area contributed by atoms with Gasteiger partial charge in [-0.25, -0.2) is 0 Å². The van der Waals surface area contributed by atoms with Crippen LogP contribution in [0.1, 0.15) is 36.7 Å². The molecule has 1 aromatic rings. The molecule has 0 spiro atoms. The lowest BCUT2D eigenvalue weighted by atomic mass is 10.1. The smallest absolute Gasteiger partial charge is 0.251 e. The molecule has 0 heterocycles. The highest BCUT2D eigenvalue weighted by Crippen LogP contribution is 2.13. The summed E-state index contributed by atoms with van der Waals surface area (Å²) < 4.78 is 5.52. The maximum absolute atomic E-state index is 11.9. The summed E-state index contributed by atoms with van der Waals surface area (Å²) in [5.74, 6) is -0.130. The Labute approximate surface area is 109 Å². The topological polar surface area (TPSA) is 64.3 Å². The van der Waals surface area contributed by atoms with E-state index in [1.165, 1.54) is 0 Å². The number of nitrogens with one attached hydrogen (secondary N) is 1. The lowest BCUT2D eigenvalue weighted by Crippen LogP contribution is -2.40. The zero-order valence-electron chi connectivity index (χ0n) is 11.5. The van der Waals surface area contributed by atoms with Gasteiger partial charge in [-0.15, -0.1) is 0 Å². The average Bonchev–Trinajstić information content (AvgIpc) is 2.30. The first-order valence-electron chi connectivity index (χ1n) is 6.14. The molecule has 1 amide bonds. The Balaban J connectivity index is 2.63. The van der Waals surface area contributed by atoms with Gasteiger partial charge in [0.1, 0.15) is 0 Å². The molecule has 3 N–H and O–H groups in total. The maximum atomic E-state index is 11.9. The van der Waals surface area contributed by atoms with E-state index in [2.05, 4.69) is 5.32 Å². The molecule has 1 aromatic carbocycles. The molecule has 0 unspecified atom stereocenters. The zero-order valence-corrected chi connectivity index (χ0v) is 11.5. The summed E-state index contributed by atoms with van der Waals surface area (Å²) >= 11 is 0. The van der Waals surface area contributed by atoms with Crippen molar-refractivity contribution >= 4 is 11.6 Å². The van der Waals surface area contributed by atoms with Gasteiger partial charge in [0.05, 0.1) is 5.60 Å². The molecule has 0 aromatic heterocycles. The van der Waals surface area contributed by atoms with Crippen LogP contribution in [0.25, 0.3) is 0 Å². The molecule has 0 atom stereocenters. The Bertz CT molecular complexity index is 428. The molecule has 100 valence electrons. The van der Waals surface area contributed by atoms with E-state index < -0.39 is 0 Å². The molecule has 0 aliphatic carbocycles. The predicted octanol–water partition coefficient (Wildman–Crippen LogP) is 2.12. The van der Waals surface area contributed by atoms with Crippen molar-refractivity contribution in [2.45, 2.75) is 33.3 Å². The van der Waals surface area contributed by atoms with Crippen LogP contribution in [-0.2, 0) is 4.74 Å². The number of carbonyl (C=O) groups is 1. The Morgan fingerprint density at radius 1 is 1.44 bits per heavy atom. The predicted molar refractivity (Wildman–Crippen MR) is 73.6 cm³/mol. The molecular formula is C14H22N2O2. The summed E-state index contributed by atoms with van der Waals surface area (Å²) in [4.78, 5) is 11.9. The van der Waals surface area contributed by atoms with E-state index in [4.69, 9.17) is 10.5 Å². The Hall–Kier alpha value is -1.55. The molecule has 18 heavy (non-hydrogen) atoms. The highest BCUT2D eigenvalue weighted by molar-refractivity contribution is 5.95. The van der Waals surface area contributed by atoms with E-state index in [1.54, 1.807) is 12.1 Å². The van der Waals surface area contributed by atoms with Gasteiger partial charge < -0.3 is 15.8 Å². The van der Waals surface area contributed by atoms with Crippen LogP contribution in [0.4, 0.5) is 5.69 Å². The number of nitrogens with two attached hydrogens (primary N) is 1. The van der Waals surface area contributed by atoms with E-state index in [9.17, 15) is 4.79 Å². The summed E-state index contributed by atoms with van der Waals surface area (Å²) in [7, 11) is 0. The standard InChI is InChI=1S/C14H22N2O2/c1-5-18-14(3,4)9-16-13(17)11-7-6-10(2)12(15)8-11/h6-8H,5,9,15H2,1-4H3,(H,16,17). The molecule has 0 bridgehead atoms. The first-order valence-corrected chi connectivity index (χ1v) is 6.14. The van der Waals surface area contributed by atoms with Crippen LogP contribution in [0.3, 0.4) is 0 Å². The summed E-state index contributed by atoms with van der Waals surface area (Å²) in [5.41, 5.74) is 7.60. The van der Waals surface area contributed by atoms with E-state index in [-0.39, 0.29) is 11.5 Å². The van der Waals surface area contributed by atoms with Gasteiger partial charge in [0.25, 0.3) is 5.91 Å². The van der Waals surface area contributed by atoms with Crippen LogP contribution in [0.2, 0.25) is 0 Å². The maximum Gasteiger partial charge on any atom is 0.251 e. The summed E-state index contributed by atoms with van der Waals surface area (Å²) in [5, 5.41) is 2.85. The quantitative estimate of drug-likeness (QED) is 0.787. The third kappa shape index (κ3) is 4.04. The monoisotopic (exact) mass is 250 g/mol. The van der Waals surface area contributed by atoms with Crippen LogP contribution in [0.15, 0.2) is 18.2 Å². The number of nitrogen functional groups attached to an aromatic ring is 1. The van der Waals surface area contributed by atoms with Crippen LogP contribution < -0.4 is 11.1 Å². The highest BCUT2D eigenvalue weighted by Gasteiger charge is 2.19. The second-order valence-electron chi connectivity index (χ2n) is 4.95. The van der Waals surface area contributed by atoms with Crippen molar-refractivity contribution < 1.29 is 9.53 Å². The Kier molecular flexibility index (Phi) is 4.73. The van der Waals surface area contributed by atoms with Gasteiger partial charge in [-0.1, -0.05) is 6.07 Å². The van der Waals surface area contributed by atoms with Crippen molar-refractivity contribution in [3.63, 3.8) is 0 Å². The molecule has 0 saturated carbocycles. The van der Waals surface area contributed by atoms with Crippen molar-refractivity contribution in [2.75, 3.05) is 18.9 Å². The van der Waals surface area contributed by atoms with Crippen LogP contribution in [0.5, 0.6) is 0 Å². The van der Waals surface area contributed by atoms with E-state index in [0.717, 1.165) is 5.56 Å². The number of ether oxygens (including phenoxy) is 1. The largest absolute Gasteiger partial charge is 0.398 e. The van der Waals surface area contributed by atoms with Crippen molar-refractivity contribution in [1.82, 2.24) is 5.32 Å². The molecule has 0 radical (unpaired) electrons. The molecule has 1 rings (SSSR count).